The maximum absolute atomic E-state index is 11.6. The Morgan fingerprint density at radius 3 is 2.93 bits per heavy atom. The van der Waals surface area contributed by atoms with E-state index < -0.39 is 0 Å². The van der Waals surface area contributed by atoms with E-state index in [1.807, 2.05) is 13.0 Å². The number of fused-ring (bicyclic) bond motifs is 1. The summed E-state index contributed by atoms with van der Waals surface area (Å²) in [5.41, 5.74) is 2.83. The van der Waals surface area contributed by atoms with Crippen molar-refractivity contribution in [2.75, 3.05) is 0 Å². The number of hydrogen-bond acceptors (Lipinski definition) is 2. The van der Waals surface area contributed by atoms with Crippen LogP contribution in [0.25, 0.3) is 0 Å². The number of phenolic OH excluding ortho intramolecular Hbond substituents is 1. The number of ketones is 1. The van der Waals surface area contributed by atoms with E-state index >= 15 is 0 Å². The zero-order valence-electron chi connectivity index (χ0n) is 8.64. The van der Waals surface area contributed by atoms with Gasteiger partial charge in [0.1, 0.15) is 5.75 Å². The molecule has 1 N–H and O–H groups in total. The molecule has 3 heteroatoms. The number of halogens is 1. The molecule has 1 aromatic rings. The molecule has 1 aromatic carbocycles. The summed E-state index contributed by atoms with van der Waals surface area (Å²) >= 11 is 3.38. The topological polar surface area (TPSA) is 37.3 Å². The zero-order chi connectivity index (χ0) is 11.0. The maximum Gasteiger partial charge on any atom is 0.166 e. The van der Waals surface area contributed by atoms with Gasteiger partial charge in [0.25, 0.3) is 0 Å². The number of carbonyl (C=O) groups is 1. The predicted octanol–water partition coefficient (Wildman–Crippen LogP) is 3.24. The molecule has 0 radical (unpaired) electrons. The molecule has 0 spiro atoms. The van der Waals surface area contributed by atoms with Crippen molar-refractivity contribution in [3.05, 3.63) is 27.2 Å². The van der Waals surface area contributed by atoms with Crippen molar-refractivity contribution in [3.8, 4) is 5.75 Å². The number of carbonyl (C=O) groups excluding carboxylic acids is 1. The Balaban J connectivity index is 2.59. The molecule has 1 aliphatic rings. The van der Waals surface area contributed by atoms with Crippen LogP contribution in [-0.4, -0.2) is 10.9 Å². The fourth-order valence-corrected chi connectivity index (χ4v) is 2.75. The van der Waals surface area contributed by atoms with Crippen LogP contribution in [0.15, 0.2) is 10.5 Å². The van der Waals surface area contributed by atoms with Gasteiger partial charge in [-0.2, -0.15) is 0 Å². The number of aromatic hydroxyl groups is 1. The van der Waals surface area contributed by atoms with Crippen molar-refractivity contribution in [1.29, 1.82) is 0 Å². The highest BCUT2D eigenvalue weighted by atomic mass is 79.9. The van der Waals surface area contributed by atoms with Gasteiger partial charge in [-0.25, -0.2) is 0 Å². The lowest BCUT2D eigenvalue weighted by molar-refractivity contribution is 0.0985. The fourth-order valence-electron chi connectivity index (χ4n) is 2.08. The van der Waals surface area contributed by atoms with Crippen LogP contribution in [0.2, 0.25) is 0 Å². The fraction of sp³-hybridized carbons (Fsp3) is 0.417. The number of rotatable bonds is 2. The maximum atomic E-state index is 11.6. The van der Waals surface area contributed by atoms with Crippen molar-refractivity contribution in [1.82, 2.24) is 0 Å². The van der Waals surface area contributed by atoms with Gasteiger partial charge in [-0.05, 0) is 52.4 Å². The molecule has 0 heterocycles. The first-order chi connectivity index (χ1) is 7.15. The van der Waals surface area contributed by atoms with Crippen LogP contribution in [-0.2, 0) is 12.8 Å². The molecular weight excluding hydrogens is 256 g/mol. The second-order valence-electron chi connectivity index (χ2n) is 3.85. The van der Waals surface area contributed by atoms with E-state index in [4.69, 9.17) is 0 Å². The van der Waals surface area contributed by atoms with Crippen LogP contribution in [0.1, 0.15) is 41.3 Å². The molecule has 2 rings (SSSR count). The molecule has 0 saturated heterocycles. The van der Waals surface area contributed by atoms with Gasteiger partial charge < -0.3 is 5.11 Å². The summed E-state index contributed by atoms with van der Waals surface area (Å²) in [5.74, 6) is 0.116. The summed E-state index contributed by atoms with van der Waals surface area (Å²) in [5, 5.41) is 9.90. The molecule has 0 fully saturated rings. The molecule has 1 aliphatic carbocycles. The smallest absolute Gasteiger partial charge is 0.166 e. The molecule has 0 atom stereocenters. The molecule has 0 saturated carbocycles. The Morgan fingerprint density at radius 2 is 2.27 bits per heavy atom. The summed E-state index contributed by atoms with van der Waals surface area (Å²) in [6.07, 6.45) is 3.54. The van der Waals surface area contributed by atoms with Crippen LogP contribution in [0.4, 0.5) is 0 Å². The molecule has 2 nitrogen and oxygen atoms in total. The molecule has 0 unspecified atom stereocenters. The van der Waals surface area contributed by atoms with Crippen molar-refractivity contribution < 1.29 is 9.90 Å². The van der Waals surface area contributed by atoms with Gasteiger partial charge in [-0.3, -0.25) is 4.79 Å². The molecule has 0 bridgehead atoms. The van der Waals surface area contributed by atoms with E-state index in [1.165, 1.54) is 11.1 Å². The van der Waals surface area contributed by atoms with Gasteiger partial charge in [-0.15, -0.1) is 0 Å². The number of hydrogen-bond donors (Lipinski definition) is 1. The summed E-state index contributed by atoms with van der Waals surface area (Å²) in [4.78, 5) is 11.6. The minimum atomic E-state index is 0.00269. The Kier molecular flexibility index (Phi) is 2.83. The third-order valence-electron chi connectivity index (χ3n) is 2.93. The van der Waals surface area contributed by atoms with Gasteiger partial charge >= 0.3 is 0 Å². The van der Waals surface area contributed by atoms with Crippen molar-refractivity contribution in [2.24, 2.45) is 0 Å². The largest absolute Gasteiger partial charge is 0.506 e. The van der Waals surface area contributed by atoms with Crippen LogP contribution >= 0.6 is 15.9 Å². The first-order valence-electron chi connectivity index (χ1n) is 5.21. The second kappa shape index (κ2) is 3.97. The number of Topliss-reactive ketones (excluding diaryl/α,β-unsaturated/α-hetero) is 1. The normalized spacial score (nSPS) is 14.0. The Bertz CT molecular complexity index is 424. The van der Waals surface area contributed by atoms with Gasteiger partial charge in [0.05, 0.1) is 10.0 Å². The minimum absolute atomic E-state index is 0.00269. The average Bonchev–Trinajstić information content (AvgIpc) is 2.70. The monoisotopic (exact) mass is 268 g/mol. The predicted molar refractivity (Wildman–Crippen MR) is 62.5 cm³/mol. The van der Waals surface area contributed by atoms with Crippen molar-refractivity contribution >= 4 is 21.7 Å². The highest BCUT2D eigenvalue weighted by Gasteiger charge is 2.21. The highest BCUT2D eigenvalue weighted by Crippen LogP contribution is 2.38. The third-order valence-corrected chi connectivity index (χ3v) is 3.78. The first kappa shape index (κ1) is 10.7. The van der Waals surface area contributed by atoms with Crippen LogP contribution in [0.3, 0.4) is 0 Å². The van der Waals surface area contributed by atoms with E-state index in [1.54, 1.807) is 0 Å². The first-order valence-corrected chi connectivity index (χ1v) is 6.00. The molecular formula is C12H13BrO2. The standard InChI is InChI=1S/C12H13BrO2/c1-2-10(14)9-6-7-4-3-5-8(7)11(13)12(9)15/h6,15H,2-5H2,1H3. The van der Waals surface area contributed by atoms with Gasteiger partial charge in [0, 0.05) is 6.42 Å². The summed E-state index contributed by atoms with van der Waals surface area (Å²) in [6.45, 7) is 1.81. The zero-order valence-corrected chi connectivity index (χ0v) is 10.2. The van der Waals surface area contributed by atoms with E-state index in [0.29, 0.717) is 16.5 Å². The van der Waals surface area contributed by atoms with Gasteiger partial charge in [0.15, 0.2) is 5.78 Å². The van der Waals surface area contributed by atoms with E-state index in [0.717, 1.165) is 19.3 Å². The van der Waals surface area contributed by atoms with Crippen LogP contribution < -0.4 is 0 Å². The van der Waals surface area contributed by atoms with Crippen LogP contribution in [0.5, 0.6) is 5.75 Å². The number of aryl methyl sites for hydroxylation is 1. The molecule has 0 aromatic heterocycles. The summed E-state index contributed by atoms with van der Waals surface area (Å²) in [6, 6.07) is 1.86. The van der Waals surface area contributed by atoms with Crippen LogP contribution in [0, 0.1) is 0 Å². The van der Waals surface area contributed by atoms with E-state index in [9.17, 15) is 9.90 Å². The highest BCUT2D eigenvalue weighted by molar-refractivity contribution is 9.10. The van der Waals surface area contributed by atoms with Crippen molar-refractivity contribution in [3.63, 3.8) is 0 Å². The quantitative estimate of drug-likeness (QED) is 0.837. The van der Waals surface area contributed by atoms with Crippen molar-refractivity contribution in [2.45, 2.75) is 32.6 Å². The Morgan fingerprint density at radius 1 is 1.53 bits per heavy atom. The number of phenols is 1. The summed E-state index contributed by atoms with van der Waals surface area (Å²) < 4.78 is 0.717. The molecule has 0 aliphatic heterocycles. The lowest BCUT2D eigenvalue weighted by Gasteiger charge is -2.09. The minimum Gasteiger partial charge on any atom is -0.506 e. The Labute approximate surface area is 97.4 Å². The van der Waals surface area contributed by atoms with Gasteiger partial charge in [-0.1, -0.05) is 6.92 Å². The second-order valence-corrected chi connectivity index (χ2v) is 4.65. The molecule has 0 amide bonds. The van der Waals surface area contributed by atoms with E-state index in [-0.39, 0.29) is 11.5 Å². The van der Waals surface area contributed by atoms with E-state index in [2.05, 4.69) is 15.9 Å². The Hall–Kier alpha value is -0.830. The molecule has 15 heavy (non-hydrogen) atoms. The SMILES string of the molecule is CCC(=O)c1cc2c(c(Br)c1O)CCC2. The lowest BCUT2D eigenvalue weighted by Crippen LogP contribution is -2.00. The average molecular weight is 269 g/mol. The molecule has 80 valence electrons. The van der Waals surface area contributed by atoms with Gasteiger partial charge in [0.2, 0.25) is 0 Å². The number of benzene rings is 1. The summed E-state index contributed by atoms with van der Waals surface area (Å²) in [7, 11) is 0. The lowest BCUT2D eigenvalue weighted by atomic mass is 10.0. The third kappa shape index (κ3) is 1.69.